The lowest BCUT2D eigenvalue weighted by Crippen LogP contribution is -2.44. The van der Waals surface area contributed by atoms with Gasteiger partial charge in [-0.25, -0.2) is 0 Å². The maximum atomic E-state index is 5.35. The van der Waals surface area contributed by atoms with Crippen LogP contribution in [0, 0.1) is 0 Å². The van der Waals surface area contributed by atoms with Crippen LogP contribution in [-0.2, 0) is 4.74 Å². The lowest BCUT2D eigenvalue weighted by Gasteiger charge is -2.34. The van der Waals surface area contributed by atoms with E-state index in [2.05, 4.69) is 24.1 Å². The zero-order valence-corrected chi connectivity index (χ0v) is 11.2. The van der Waals surface area contributed by atoms with Gasteiger partial charge >= 0.3 is 0 Å². The Morgan fingerprint density at radius 2 is 2.25 bits per heavy atom. The van der Waals surface area contributed by atoms with Crippen molar-refractivity contribution in [2.45, 2.75) is 51.6 Å². The Labute approximate surface area is 101 Å². The third-order valence-corrected chi connectivity index (χ3v) is 3.46. The predicted octanol–water partition coefficient (Wildman–Crippen LogP) is 1.88. The smallest absolute Gasteiger partial charge is 0.0618 e. The monoisotopic (exact) mass is 228 g/mol. The van der Waals surface area contributed by atoms with Crippen molar-refractivity contribution in [1.29, 1.82) is 0 Å². The molecule has 1 aliphatic rings. The van der Waals surface area contributed by atoms with Crippen LogP contribution in [-0.4, -0.2) is 50.3 Å². The van der Waals surface area contributed by atoms with Crippen molar-refractivity contribution < 1.29 is 4.74 Å². The topological polar surface area (TPSA) is 24.5 Å². The van der Waals surface area contributed by atoms with Crippen molar-refractivity contribution >= 4 is 0 Å². The molecular formula is C13H28N2O. The van der Waals surface area contributed by atoms with Crippen LogP contribution in [0.1, 0.15) is 39.5 Å². The van der Waals surface area contributed by atoms with Gasteiger partial charge in [0.05, 0.1) is 6.61 Å². The molecule has 0 aromatic rings. The summed E-state index contributed by atoms with van der Waals surface area (Å²) in [5.74, 6) is 0. The number of nitrogens with one attached hydrogen (secondary N) is 1. The van der Waals surface area contributed by atoms with E-state index in [0.717, 1.165) is 13.2 Å². The molecule has 2 unspecified atom stereocenters. The Bertz CT molecular complexity index is 169. The van der Waals surface area contributed by atoms with Crippen molar-refractivity contribution in [1.82, 2.24) is 10.2 Å². The van der Waals surface area contributed by atoms with Gasteiger partial charge in [0.15, 0.2) is 0 Å². The van der Waals surface area contributed by atoms with E-state index in [9.17, 15) is 0 Å². The summed E-state index contributed by atoms with van der Waals surface area (Å²) >= 11 is 0. The fraction of sp³-hybridized carbons (Fsp3) is 1.00. The van der Waals surface area contributed by atoms with Crippen molar-refractivity contribution in [3.63, 3.8) is 0 Å². The fourth-order valence-electron chi connectivity index (χ4n) is 2.47. The molecule has 0 radical (unpaired) electrons. The molecular weight excluding hydrogens is 200 g/mol. The van der Waals surface area contributed by atoms with Gasteiger partial charge in [0.25, 0.3) is 0 Å². The van der Waals surface area contributed by atoms with Gasteiger partial charge in [-0.15, -0.1) is 0 Å². The Hall–Kier alpha value is -0.120. The molecule has 1 N–H and O–H groups in total. The summed E-state index contributed by atoms with van der Waals surface area (Å²) in [4.78, 5) is 2.63. The zero-order chi connectivity index (χ0) is 11.8. The van der Waals surface area contributed by atoms with Gasteiger partial charge in [-0.05, 0) is 45.8 Å². The fourth-order valence-corrected chi connectivity index (χ4v) is 2.47. The summed E-state index contributed by atoms with van der Waals surface area (Å²) in [6.45, 7) is 9.01. The van der Waals surface area contributed by atoms with Crippen LogP contribution in [0.4, 0.5) is 0 Å². The Kier molecular flexibility index (Phi) is 7.01. The molecule has 0 aliphatic carbocycles. The highest BCUT2D eigenvalue weighted by Gasteiger charge is 2.19. The van der Waals surface area contributed by atoms with Gasteiger partial charge < -0.3 is 10.1 Å². The number of methoxy groups -OCH3 is 1. The molecule has 1 fully saturated rings. The highest BCUT2D eigenvalue weighted by atomic mass is 16.5. The average Bonchev–Trinajstić information content (AvgIpc) is 2.24. The average molecular weight is 228 g/mol. The van der Waals surface area contributed by atoms with Crippen molar-refractivity contribution in [2.75, 3.05) is 33.4 Å². The van der Waals surface area contributed by atoms with Crippen LogP contribution >= 0.6 is 0 Å². The van der Waals surface area contributed by atoms with E-state index in [1.807, 2.05) is 7.11 Å². The van der Waals surface area contributed by atoms with Gasteiger partial charge in [-0.2, -0.15) is 0 Å². The Balaban J connectivity index is 2.44. The third kappa shape index (κ3) is 4.81. The minimum absolute atomic E-state index is 0.625. The van der Waals surface area contributed by atoms with Crippen LogP contribution < -0.4 is 5.32 Å². The number of ether oxygens (including phenoxy) is 1. The van der Waals surface area contributed by atoms with E-state index in [4.69, 9.17) is 4.74 Å². The van der Waals surface area contributed by atoms with Crippen LogP contribution in [0.2, 0.25) is 0 Å². The second-order valence-electron chi connectivity index (χ2n) is 4.93. The molecule has 1 aliphatic heterocycles. The highest BCUT2D eigenvalue weighted by molar-refractivity contribution is 4.76. The van der Waals surface area contributed by atoms with Crippen molar-refractivity contribution in [2.24, 2.45) is 0 Å². The molecule has 1 heterocycles. The number of hydrogen-bond acceptors (Lipinski definition) is 3. The van der Waals surface area contributed by atoms with E-state index in [-0.39, 0.29) is 0 Å². The van der Waals surface area contributed by atoms with Gasteiger partial charge in [-0.3, -0.25) is 4.90 Å². The molecule has 2 atom stereocenters. The highest BCUT2D eigenvalue weighted by Crippen LogP contribution is 2.11. The standard InChI is InChI=1S/C13H28N2O/c1-4-6-13(11-16-3)15-9-5-8-14-12(2)7-10-15/h12-14H,4-11H2,1-3H3. The molecule has 96 valence electrons. The molecule has 0 spiro atoms. The van der Waals surface area contributed by atoms with Crippen LogP contribution in [0.3, 0.4) is 0 Å². The largest absolute Gasteiger partial charge is 0.383 e. The van der Waals surface area contributed by atoms with Gasteiger partial charge in [0.2, 0.25) is 0 Å². The number of rotatable bonds is 5. The third-order valence-electron chi connectivity index (χ3n) is 3.46. The van der Waals surface area contributed by atoms with E-state index in [1.54, 1.807) is 0 Å². The second kappa shape index (κ2) is 8.04. The number of nitrogens with zero attached hydrogens (tertiary/aromatic N) is 1. The van der Waals surface area contributed by atoms with Gasteiger partial charge in [0.1, 0.15) is 0 Å². The van der Waals surface area contributed by atoms with Crippen molar-refractivity contribution in [3.05, 3.63) is 0 Å². The summed E-state index contributed by atoms with van der Waals surface area (Å²) in [7, 11) is 1.82. The molecule has 0 aromatic heterocycles. The predicted molar refractivity (Wildman–Crippen MR) is 68.8 cm³/mol. The normalized spacial score (nSPS) is 26.1. The molecule has 0 aromatic carbocycles. The van der Waals surface area contributed by atoms with Crippen LogP contribution in [0.5, 0.6) is 0 Å². The minimum atomic E-state index is 0.625. The quantitative estimate of drug-likeness (QED) is 0.777. The first kappa shape index (κ1) is 13.9. The van der Waals surface area contributed by atoms with E-state index < -0.39 is 0 Å². The summed E-state index contributed by atoms with van der Waals surface area (Å²) in [5, 5.41) is 3.55. The molecule has 0 bridgehead atoms. The number of hydrogen-bond donors (Lipinski definition) is 1. The van der Waals surface area contributed by atoms with Crippen LogP contribution in [0.25, 0.3) is 0 Å². The zero-order valence-electron chi connectivity index (χ0n) is 11.2. The first-order valence-electron chi connectivity index (χ1n) is 6.74. The van der Waals surface area contributed by atoms with E-state index in [0.29, 0.717) is 12.1 Å². The van der Waals surface area contributed by atoms with Gasteiger partial charge in [0, 0.05) is 19.2 Å². The molecule has 1 saturated heterocycles. The first-order valence-corrected chi connectivity index (χ1v) is 6.74. The summed E-state index contributed by atoms with van der Waals surface area (Å²) < 4.78 is 5.35. The maximum absolute atomic E-state index is 5.35. The van der Waals surface area contributed by atoms with Crippen molar-refractivity contribution in [3.8, 4) is 0 Å². The van der Waals surface area contributed by atoms with Crippen LogP contribution in [0.15, 0.2) is 0 Å². The lowest BCUT2D eigenvalue weighted by molar-refractivity contribution is 0.0772. The summed E-state index contributed by atoms with van der Waals surface area (Å²) in [5.41, 5.74) is 0. The summed E-state index contributed by atoms with van der Waals surface area (Å²) in [6.07, 6.45) is 5.02. The molecule has 1 rings (SSSR count). The molecule has 3 heteroatoms. The first-order chi connectivity index (χ1) is 7.77. The van der Waals surface area contributed by atoms with Gasteiger partial charge in [-0.1, -0.05) is 13.3 Å². The van der Waals surface area contributed by atoms with E-state index >= 15 is 0 Å². The molecule has 16 heavy (non-hydrogen) atoms. The minimum Gasteiger partial charge on any atom is -0.383 e. The lowest BCUT2D eigenvalue weighted by atomic mass is 10.1. The van der Waals surface area contributed by atoms with E-state index in [1.165, 1.54) is 38.8 Å². The second-order valence-corrected chi connectivity index (χ2v) is 4.93. The Morgan fingerprint density at radius 3 is 2.94 bits per heavy atom. The molecule has 0 saturated carbocycles. The maximum Gasteiger partial charge on any atom is 0.0618 e. The SMILES string of the molecule is CCCC(COC)N1CCCNC(C)CC1. The summed E-state index contributed by atoms with van der Waals surface area (Å²) in [6, 6.07) is 1.29. The molecule has 0 amide bonds. The molecule has 3 nitrogen and oxygen atoms in total. The Morgan fingerprint density at radius 1 is 1.44 bits per heavy atom.